The SMILES string of the molecule is Cc1c(Cl)c2cccc(OCCNC(=O)O)c2n1C. The van der Waals surface area contributed by atoms with Gasteiger partial charge in [0.1, 0.15) is 12.4 Å². The van der Waals surface area contributed by atoms with Crippen molar-refractivity contribution in [2.75, 3.05) is 13.2 Å². The summed E-state index contributed by atoms with van der Waals surface area (Å²) < 4.78 is 7.58. The second-order valence-electron chi connectivity index (χ2n) is 4.19. The minimum absolute atomic E-state index is 0.239. The van der Waals surface area contributed by atoms with E-state index in [-0.39, 0.29) is 13.2 Å². The molecular formula is C13H15ClN2O3. The van der Waals surface area contributed by atoms with Gasteiger partial charge >= 0.3 is 6.09 Å². The van der Waals surface area contributed by atoms with Gasteiger partial charge in [0.2, 0.25) is 0 Å². The van der Waals surface area contributed by atoms with Crippen LogP contribution in [0.3, 0.4) is 0 Å². The van der Waals surface area contributed by atoms with Gasteiger partial charge in [0.05, 0.1) is 17.1 Å². The number of benzene rings is 1. The summed E-state index contributed by atoms with van der Waals surface area (Å²) in [5.74, 6) is 0.696. The van der Waals surface area contributed by atoms with Crippen LogP contribution in [0.15, 0.2) is 18.2 Å². The standard InChI is InChI=1S/C13H15ClN2O3/c1-8-11(14)9-4-3-5-10(12(9)16(8)2)19-7-6-15-13(17)18/h3-5,15H,6-7H2,1-2H3,(H,17,18). The average molecular weight is 283 g/mol. The number of rotatable bonds is 4. The third kappa shape index (κ3) is 2.61. The number of aromatic nitrogens is 1. The number of amides is 1. The van der Waals surface area contributed by atoms with E-state index in [0.29, 0.717) is 10.8 Å². The number of nitrogens with one attached hydrogen (secondary N) is 1. The first-order chi connectivity index (χ1) is 9.02. The third-order valence-corrected chi connectivity index (χ3v) is 3.50. The maximum absolute atomic E-state index is 10.3. The summed E-state index contributed by atoms with van der Waals surface area (Å²) in [5.41, 5.74) is 1.89. The number of carboxylic acid groups (broad SMARTS) is 1. The molecule has 2 N–H and O–H groups in total. The zero-order valence-corrected chi connectivity index (χ0v) is 11.5. The molecule has 0 radical (unpaired) electrons. The minimum atomic E-state index is -1.06. The number of hydrogen-bond donors (Lipinski definition) is 2. The number of halogens is 1. The second-order valence-corrected chi connectivity index (χ2v) is 4.57. The van der Waals surface area contributed by atoms with Gasteiger partial charge in [0.15, 0.2) is 0 Å². The van der Waals surface area contributed by atoms with Crippen LogP contribution in [-0.2, 0) is 7.05 Å². The van der Waals surface area contributed by atoms with Crippen molar-refractivity contribution >= 4 is 28.6 Å². The Morgan fingerprint density at radius 3 is 2.95 bits per heavy atom. The van der Waals surface area contributed by atoms with E-state index in [9.17, 15) is 4.79 Å². The molecule has 1 aromatic carbocycles. The van der Waals surface area contributed by atoms with E-state index in [4.69, 9.17) is 21.4 Å². The lowest BCUT2D eigenvalue weighted by atomic mass is 10.2. The minimum Gasteiger partial charge on any atom is -0.490 e. The molecule has 0 bridgehead atoms. The fourth-order valence-corrected chi connectivity index (χ4v) is 2.27. The fourth-order valence-electron chi connectivity index (χ4n) is 1.99. The van der Waals surface area contributed by atoms with Gasteiger partial charge in [-0.3, -0.25) is 0 Å². The number of fused-ring (bicyclic) bond motifs is 1. The Morgan fingerprint density at radius 2 is 2.26 bits per heavy atom. The molecule has 102 valence electrons. The highest BCUT2D eigenvalue weighted by molar-refractivity contribution is 6.36. The molecule has 0 aliphatic carbocycles. The summed E-state index contributed by atoms with van der Waals surface area (Å²) in [5, 5.41) is 12.4. The summed E-state index contributed by atoms with van der Waals surface area (Å²) in [6, 6.07) is 5.65. The monoisotopic (exact) mass is 282 g/mol. The van der Waals surface area contributed by atoms with Crippen molar-refractivity contribution in [2.24, 2.45) is 7.05 Å². The van der Waals surface area contributed by atoms with E-state index in [1.165, 1.54) is 0 Å². The van der Waals surface area contributed by atoms with Gasteiger partial charge in [-0.05, 0) is 13.0 Å². The Balaban J connectivity index is 2.24. The number of ether oxygens (including phenoxy) is 1. The number of aryl methyl sites for hydroxylation is 1. The largest absolute Gasteiger partial charge is 0.490 e. The van der Waals surface area contributed by atoms with Gasteiger partial charge in [-0.25, -0.2) is 4.79 Å². The van der Waals surface area contributed by atoms with E-state index in [1.54, 1.807) is 0 Å². The quantitative estimate of drug-likeness (QED) is 0.848. The zero-order valence-electron chi connectivity index (χ0n) is 10.7. The Bertz CT molecular complexity index is 622. The van der Waals surface area contributed by atoms with Gasteiger partial charge in [-0.2, -0.15) is 0 Å². The smallest absolute Gasteiger partial charge is 0.404 e. The van der Waals surface area contributed by atoms with Crippen LogP contribution in [0.4, 0.5) is 4.79 Å². The van der Waals surface area contributed by atoms with Gasteiger partial charge < -0.3 is 19.7 Å². The van der Waals surface area contributed by atoms with Crippen molar-refractivity contribution in [3.63, 3.8) is 0 Å². The Hall–Kier alpha value is -1.88. The lowest BCUT2D eigenvalue weighted by molar-refractivity contribution is 0.191. The van der Waals surface area contributed by atoms with Gasteiger partial charge in [-0.1, -0.05) is 23.7 Å². The van der Waals surface area contributed by atoms with Crippen LogP contribution in [0, 0.1) is 6.92 Å². The van der Waals surface area contributed by atoms with Crippen LogP contribution in [0.1, 0.15) is 5.69 Å². The fraction of sp³-hybridized carbons (Fsp3) is 0.308. The van der Waals surface area contributed by atoms with Crippen molar-refractivity contribution in [1.29, 1.82) is 0 Å². The number of para-hydroxylation sites is 1. The van der Waals surface area contributed by atoms with Crippen LogP contribution in [0.25, 0.3) is 10.9 Å². The zero-order chi connectivity index (χ0) is 14.0. The molecule has 0 atom stereocenters. The van der Waals surface area contributed by atoms with Crippen molar-refractivity contribution in [3.8, 4) is 5.75 Å². The third-order valence-electron chi connectivity index (χ3n) is 3.03. The molecule has 1 aromatic heterocycles. The summed E-state index contributed by atoms with van der Waals surface area (Å²) in [6.07, 6.45) is -1.06. The first-order valence-electron chi connectivity index (χ1n) is 5.85. The molecule has 5 nitrogen and oxygen atoms in total. The number of carbonyl (C=O) groups is 1. The molecule has 2 aromatic rings. The van der Waals surface area contributed by atoms with E-state index in [1.807, 2.05) is 36.7 Å². The lowest BCUT2D eigenvalue weighted by Crippen LogP contribution is -2.26. The van der Waals surface area contributed by atoms with E-state index >= 15 is 0 Å². The van der Waals surface area contributed by atoms with E-state index in [0.717, 1.165) is 16.6 Å². The van der Waals surface area contributed by atoms with Gasteiger partial charge in [0, 0.05) is 18.1 Å². The highest BCUT2D eigenvalue weighted by Gasteiger charge is 2.13. The molecule has 1 amide bonds. The predicted molar refractivity (Wildman–Crippen MR) is 74.2 cm³/mol. The molecule has 0 aliphatic heterocycles. The highest BCUT2D eigenvalue weighted by atomic mass is 35.5. The van der Waals surface area contributed by atoms with Gasteiger partial charge in [-0.15, -0.1) is 0 Å². The summed E-state index contributed by atoms with van der Waals surface area (Å²) >= 11 is 6.26. The van der Waals surface area contributed by atoms with Crippen molar-refractivity contribution in [3.05, 3.63) is 28.9 Å². The Morgan fingerprint density at radius 1 is 1.53 bits per heavy atom. The number of hydrogen-bond acceptors (Lipinski definition) is 2. The van der Waals surface area contributed by atoms with Crippen LogP contribution >= 0.6 is 11.6 Å². The summed E-state index contributed by atoms with van der Waals surface area (Å²) in [4.78, 5) is 10.3. The molecular weight excluding hydrogens is 268 g/mol. The second kappa shape index (κ2) is 5.40. The van der Waals surface area contributed by atoms with E-state index in [2.05, 4.69) is 5.32 Å². The Kier molecular flexibility index (Phi) is 3.85. The molecule has 0 aliphatic rings. The maximum Gasteiger partial charge on any atom is 0.404 e. The topological polar surface area (TPSA) is 63.5 Å². The molecule has 1 heterocycles. The van der Waals surface area contributed by atoms with Crippen molar-refractivity contribution in [1.82, 2.24) is 9.88 Å². The van der Waals surface area contributed by atoms with Crippen LogP contribution in [0.5, 0.6) is 5.75 Å². The van der Waals surface area contributed by atoms with Crippen molar-refractivity contribution in [2.45, 2.75) is 6.92 Å². The number of nitrogens with zero attached hydrogens (tertiary/aromatic N) is 1. The van der Waals surface area contributed by atoms with Crippen LogP contribution < -0.4 is 10.1 Å². The lowest BCUT2D eigenvalue weighted by Gasteiger charge is -2.09. The molecule has 19 heavy (non-hydrogen) atoms. The molecule has 2 rings (SSSR count). The van der Waals surface area contributed by atoms with Gasteiger partial charge in [0.25, 0.3) is 0 Å². The molecule has 0 saturated carbocycles. The highest BCUT2D eigenvalue weighted by Crippen LogP contribution is 2.34. The molecule has 0 spiro atoms. The summed E-state index contributed by atoms with van der Waals surface area (Å²) in [7, 11) is 1.92. The predicted octanol–water partition coefficient (Wildman–Crippen LogP) is 2.79. The average Bonchev–Trinajstić information content (AvgIpc) is 2.60. The Labute approximate surface area is 115 Å². The maximum atomic E-state index is 10.3. The first-order valence-corrected chi connectivity index (χ1v) is 6.23. The van der Waals surface area contributed by atoms with Crippen molar-refractivity contribution < 1.29 is 14.6 Å². The van der Waals surface area contributed by atoms with Crippen LogP contribution in [-0.4, -0.2) is 28.9 Å². The molecule has 0 saturated heterocycles. The molecule has 0 unspecified atom stereocenters. The first kappa shape index (κ1) is 13.5. The summed E-state index contributed by atoms with van der Waals surface area (Å²) in [6.45, 7) is 2.45. The normalized spacial score (nSPS) is 10.7. The molecule has 6 heteroatoms. The van der Waals surface area contributed by atoms with Crippen LogP contribution in [0.2, 0.25) is 5.02 Å². The van der Waals surface area contributed by atoms with E-state index < -0.39 is 6.09 Å². The molecule has 0 fully saturated rings.